The van der Waals surface area contributed by atoms with Crippen LogP contribution < -0.4 is 0 Å². The molecule has 0 N–H and O–H groups in total. The number of rotatable bonds is 3. The zero-order valence-electron chi connectivity index (χ0n) is 11.0. The Balaban J connectivity index is 0.000000771. The topological polar surface area (TPSA) is 44.1 Å². The van der Waals surface area contributed by atoms with E-state index in [1.54, 1.807) is 23.9 Å². The molecule has 18 heavy (non-hydrogen) atoms. The van der Waals surface area contributed by atoms with Crippen molar-refractivity contribution in [1.82, 2.24) is 9.55 Å². The van der Waals surface area contributed by atoms with E-state index in [2.05, 4.69) is 4.98 Å². The van der Waals surface area contributed by atoms with Gasteiger partial charge in [0.25, 0.3) is 0 Å². The number of ether oxygens (including phenoxy) is 1. The highest BCUT2D eigenvalue weighted by Gasteiger charge is 2.14. The van der Waals surface area contributed by atoms with Crippen molar-refractivity contribution in [2.75, 3.05) is 6.61 Å². The molecule has 4 nitrogen and oxygen atoms in total. The molecule has 0 saturated carbocycles. The molecule has 0 radical (unpaired) electrons. The molecule has 0 aliphatic heterocycles. The highest BCUT2D eigenvalue weighted by molar-refractivity contribution is 5.86. The molecule has 0 bridgehead atoms. The van der Waals surface area contributed by atoms with Gasteiger partial charge in [0.15, 0.2) is 0 Å². The zero-order chi connectivity index (χ0) is 13.4. The summed E-state index contributed by atoms with van der Waals surface area (Å²) in [6.45, 7) is 6.12. The van der Waals surface area contributed by atoms with Gasteiger partial charge in [0.1, 0.15) is 0 Å². The summed E-state index contributed by atoms with van der Waals surface area (Å²) in [7, 11) is 0. The Labute approximate surface area is 107 Å². The number of nitrogens with zero attached hydrogens (tertiary/aromatic N) is 2. The number of hydrogen-bond donors (Lipinski definition) is 0. The van der Waals surface area contributed by atoms with Crippen molar-refractivity contribution >= 4 is 5.97 Å². The monoisotopic (exact) mass is 246 g/mol. The quantitative estimate of drug-likeness (QED) is 0.782. The normalized spacial score (nSPS) is 9.28. The molecule has 0 unspecified atom stereocenters. The van der Waals surface area contributed by atoms with E-state index in [9.17, 15) is 4.79 Å². The van der Waals surface area contributed by atoms with Gasteiger partial charge in [-0.3, -0.25) is 4.57 Å². The van der Waals surface area contributed by atoms with E-state index in [-0.39, 0.29) is 0 Å². The van der Waals surface area contributed by atoms with Gasteiger partial charge >= 0.3 is 5.97 Å². The summed E-state index contributed by atoms with van der Waals surface area (Å²) in [6.07, 6.45) is 3.32. The summed E-state index contributed by atoms with van der Waals surface area (Å²) in [5.74, 6) is -0.107. The summed E-state index contributed by atoms with van der Waals surface area (Å²) < 4.78 is 6.63. The third-order valence-corrected chi connectivity index (χ3v) is 2.13. The predicted octanol–water partition coefficient (Wildman–Crippen LogP) is 3.08. The predicted molar refractivity (Wildman–Crippen MR) is 70.9 cm³/mol. The van der Waals surface area contributed by atoms with Crippen LogP contribution in [-0.2, 0) is 4.74 Å². The van der Waals surface area contributed by atoms with Crippen molar-refractivity contribution in [3.63, 3.8) is 0 Å². The number of esters is 1. The first kappa shape index (κ1) is 14.0. The molecule has 0 aliphatic rings. The maximum atomic E-state index is 11.6. The summed E-state index contributed by atoms with van der Waals surface area (Å²) in [5, 5.41) is 0. The molecule has 2 aromatic rings. The second-order valence-corrected chi connectivity index (χ2v) is 3.18. The first-order valence-electron chi connectivity index (χ1n) is 6.09. The fourth-order valence-corrected chi connectivity index (χ4v) is 1.45. The molecular formula is C14H18N2O2. The van der Waals surface area contributed by atoms with Crippen LogP contribution in [0.1, 0.15) is 31.4 Å². The first-order valence-corrected chi connectivity index (χ1v) is 6.09. The molecule has 1 aromatic carbocycles. The Kier molecular flexibility index (Phi) is 5.64. The summed E-state index contributed by atoms with van der Waals surface area (Å²) in [4.78, 5) is 15.6. The van der Waals surface area contributed by atoms with Gasteiger partial charge in [0, 0.05) is 18.1 Å². The fourth-order valence-electron chi connectivity index (χ4n) is 1.45. The summed E-state index contributed by atoms with van der Waals surface area (Å²) in [5.41, 5.74) is 0.892. The lowest BCUT2D eigenvalue weighted by Gasteiger charge is -2.06. The maximum Gasteiger partial charge on any atom is 0.374 e. The van der Waals surface area contributed by atoms with Crippen LogP contribution >= 0.6 is 0 Å². The van der Waals surface area contributed by atoms with E-state index >= 15 is 0 Å². The molecule has 4 heteroatoms. The molecule has 96 valence electrons. The minimum Gasteiger partial charge on any atom is -0.460 e. The number of carbonyl (C=O) groups excluding carboxylic acids is 1. The van der Waals surface area contributed by atoms with Crippen LogP contribution in [0.5, 0.6) is 0 Å². The minimum absolute atomic E-state index is 0.299. The molecule has 0 amide bonds. The lowest BCUT2D eigenvalue weighted by Crippen LogP contribution is -2.11. The van der Waals surface area contributed by atoms with Crippen LogP contribution in [0.15, 0.2) is 42.7 Å². The van der Waals surface area contributed by atoms with E-state index in [1.165, 1.54) is 0 Å². The standard InChI is InChI=1S/C12H12N2O2.C2H6/c1-2-16-12(15)11-13-8-9-14(11)10-6-4-3-5-7-10;1-2/h3-9H,2H2,1H3;1-2H3. The molecule has 2 rings (SSSR count). The fraction of sp³-hybridized carbons (Fsp3) is 0.286. The second kappa shape index (κ2) is 7.27. The third-order valence-electron chi connectivity index (χ3n) is 2.13. The van der Waals surface area contributed by atoms with Crippen LogP contribution in [0.25, 0.3) is 5.69 Å². The second-order valence-electron chi connectivity index (χ2n) is 3.18. The van der Waals surface area contributed by atoms with Crippen molar-refractivity contribution in [3.8, 4) is 5.69 Å². The average Bonchev–Trinajstić information content (AvgIpc) is 2.92. The number of carbonyl (C=O) groups is 1. The van der Waals surface area contributed by atoms with Gasteiger partial charge < -0.3 is 4.74 Å². The van der Waals surface area contributed by atoms with Crippen LogP contribution in [0.4, 0.5) is 0 Å². The van der Waals surface area contributed by atoms with Crippen molar-refractivity contribution in [3.05, 3.63) is 48.5 Å². The Morgan fingerprint density at radius 1 is 1.28 bits per heavy atom. The third kappa shape index (κ3) is 3.20. The average molecular weight is 246 g/mol. The lowest BCUT2D eigenvalue weighted by atomic mass is 10.3. The van der Waals surface area contributed by atoms with Gasteiger partial charge in [0.2, 0.25) is 5.82 Å². The van der Waals surface area contributed by atoms with Gasteiger partial charge in [-0.05, 0) is 19.1 Å². The molecule has 0 fully saturated rings. The molecule has 0 aliphatic carbocycles. The number of imidazole rings is 1. The lowest BCUT2D eigenvalue weighted by molar-refractivity contribution is 0.0510. The zero-order valence-corrected chi connectivity index (χ0v) is 11.0. The Bertz CT molecular complexity index is 478. The Hall–Kier alpha value is -2.10. The van der Waals surface area contributed by atoms with Crippen molar-refractivity contribution in [1.29, 1.82) is 0 Å². The van der Waals surface area contributed by atoms with Crippen molar-refractivity contribution in [2.24, 2.45) is 0 Å². The number of para-hydroxylation sites is 1. The highest BCUT2D eigenvalue weighted by Crippen LogP contribution is 2.10. The van der Waals surface area contributed by atoms with E-state index < -0.39 is 5.97 Å². The largest absolute Gasteiger partial charge is 0.460 e. The van der Waals surface area contributed by atoms with Gasteiger partial charge in [-0.1, -0.05) is 32.0 Å². The number of benzene rings is 1. The van der Waals surface area contributed by atoms with Crippen molar-refractivity contribution < 1.29 is 9.53 Å². The molecule has 1 heterocycles. The highest BCUT2D eigenvalue weighted by atomic mass is 16.5. The van der Waals surface area contributed by atoms with Crippen LogP contribution in [0, 0.1) is 0 Å². The maximum absolute atomic E-state index is 11.6. The first-order chi connectivity index (χ1) is 8.83. The van der Waals surface area contributed by atoms with Crippen LogP contribution in [0.2, 0.25) is 0 Å². The van der Waals surface area contributed by atoms with E-state index in [0.29, 0.717) is 12.4 Å². The van der Waals surface area contributed by atoms with Gasteiger partial charge in [0.05, 0.1) is 6.61 Å². The van der Waals surface area contributed by atoms with E-state index in [0.717, 1.165) is 5.69 Å². The minimum atomic E-state index is -0.406. The SMILES string of the molecule is CC.CCOC(=O)c1nccn1-c1ccccc1. The van der Waals surface area contributed by atoms with Gasteiger partial charge in [-0.15, -0.1) is 0 Å². The molecule has 0 atom stereocenters. The van der Waals surface area contributed by atoms with Gasteiger partial charge in [-0.25, -0.2) is 9.78 Å². The summed E-state index contributed by atoms with van der Waals surface area (Å²) in [6, 6.07) is 9.55. The molecule has 0 saturated heterocycles. The number of hydrogen-bond acceptors (Lipinski definition) is 3. The van der Waals surface area contributed by atoms with Crippen LogP contribution in [0.3, 0.4) is 0 Å². The van der Waals surface area contributed by atoms with Crippen molar-refractivity contribution in [2.45, 2.75) is 20.8 Å². The van der Waals surface area contributed by atoms with Gasteiger partial charge in [-0.2, -0.15) is 0 Å². The van der Waals surface area contributed by atoms with E-state index in [1.807, 2.05) is 44.2 Å². The van der Waals surface area contributed by atoms with E-state index in [4.69, 9.17) is 4.74 Å². The molecule has 0 spiro atoms. The smallest absolute Gasteiger partial charge is 0.374 e. The molecule has 1 aromatic heterocycles. The Morgan fingerprint density at radius 2 is 1.94 bits per heavy atom. The summed E-state index contributed by atoms with van der Waals surface area (Å²) >= 11 is 0. The molecular weight excluding hydrogens is 228 g/mol. The Morgan fingerprint density at radius 3 is 2.56 bits per heavy atom. The number of aromatic nitrogens is 2. The van der Waals surface area contributed by atoms with Crippen LogP contribution in [-0.4, -0.2) is 22.1 Å².